The van der Waals surface area contributed by atoms with Crippen LogP contribution in [0.3, 0.4) is 0 Å². The first kappa shape index (κ1) is 38.5. The van der Waals surface area contributed by atoms with E-state index in [9.17, 15) is 0 Å². The number of hydrogen-bond donors (Lipinski definition) is 0. The van der Waals surface area contributed by atoms with Gasteiger partial charge in [0.15, 0.2) is 0 Å². The molecule has 0 N–H and O–H groups in total. The summed E-state index contributed by atoms with van der Waals surface area (Å²) in [6.07, 6.45) is 7.37. The summed E-state index contributed by atoms with van der Waals surface area (Å²) < 4.78 is 0. The van der Waals surface area contributed by atoms with Crippen molar-refractivity contribution in [3.63, 3.8) is 0 Å². The van der Waals surface area contributed by atoms with Crippen molar-refractivity contribution in [2.75, 3.05) is 12.3 Å². The van der Waals surface area contributed by atoms with Gasteiger partial charge in [-0.25, -0.2) is 0 Å². The van der Waals surface area contributed by atoms with Crippen molar-refractivity contribution in [1.29, 1.82) is 0 Å². The number of hydrogen-bond acceptors (Lipinski definition) is 0. The zero-order valence-corrected chi connectivity index (χ0v) is 34.4. The Hall–Kier alpha value is -5.38. The van der Waals surface area contributed by atoms with Crippen molar-refractivity contribution >= 4 is 37.1 Å². The van der Waals surface area contributed by atoms with Gasteiger partial charge in [-0.3, -0.25) is 0 Å². The van der Waals surface area contributed by atoms with E-state index in [1.807, 2.05) is 0 Å². The molecule has 0 heterocycles. The lowest BCUT2D eigenvalue weighted by Crippen LogP contribution is -2.18. The summed E-state index contributed by atoms with van der Waals surface area (Å²) in [5.41, 5.74) is 10.9. The van der Waals surface area contributed by atoms with Crippen molar-refractivity contribution in [3.8, 4) is 0 Å². The third-order valence-electron chi connectivity index (χ3n) is 10.8. The first-order valence-corrected chi connectivity index (χ1v) is 23.3. The highest BCUT2D eigenvalue weighted by Gasteiger charge is 2.19. The summed E-state index contributed by atoms with van der Waals surface area (Å²) in [4.78, 5) is 0. The first-order valence-electron chi connectivity index (χ1n) is 20.3. The Balaban J connectivity index is 1.04. The van der Waals surface area contributed by atoms with Crippen molar-refractivity contribution in [3.05, 3.63) is 263 Å². The van der Waals surface area contributed by atoms with Crippen LogP contribution < -0.4 is 21.2 Å². The molecule has 0 aliphatic rings. The average molecular weight is 773 g/mol. The minimum Gasteiger partial charge on any atom is -0.0622 e. The average Bonchev–Trinajstić information content (AvgIpc) is 3.27. The topological polar surface area (TPSA) is 0 Å². The molecule has 0 unspecified atom stereocenters. The van der Waals surface area contributed by atoms with Crippen LogP contribution >= 0.6 is 15.8 Å². The SMILES string of the molecule is c1ccc(Cc2ccc(P(CCCP(c3ccc(Cc4ccccc4)cc3)c3ccc(Cc4ccccc4)cc3)c3ccc(Cc4ccccc4)cc3)cc2)cc1. The molecule has 0 radical (unpaired) electrons. The van der Waals surface area contributed by atoms with Crippen molar-refractivity contribution < 1.29 is 0 Å². The third kappa shape index (κ3) is 10.9. The van der Waals surface area contributed by atoms with Crippen LogP contribution in [0, 0.1) is 0 Å². The molecule has 0 aromatic heterocycles. The molecule has 0 saturated heterocycles. The monoisotopic (exact) mass is 772 g/mol. The predicted molar refractivity (Wildman–Crippen MR) is 249 cm³/mol. The van der Waals surface area contributed by atoms with E-state index in [2.05, 4.69) is 218 Å². The zero-order valence-electron chi connectivity index (χ0n) is 32.6. The van der Waals surface area contributed by atoms with E-state index in [0.29, 0.717) is 0 Å². The Bertz CT molecular complexity index is 2030. The molecular formula is C55H50P2. The minimum atomic E-state index is -0.519. The van der Waals surface area contributed by atoms with E-state index >= 15 is 0 Å². The van der Waals surface area contributed by atoms with Gasteiger partial charge >= 0.3 is 0 Å². The Morgan fingerprint density at radius 2 is 0.404 bits per heavy atom. The van der Waals surface area contributed by atoms with E-state index in [1.165, 1.54) is 84.5 Å². The molecule has 0 bridgehead atoms. The van der Waals surface area contributed by atoms with E-state index in [-0.39, 0.29) is 0 Å². The second-order valence-corrected chi connectivity index (χ2v) is 19.6. The fourth-order valence-electron chi connectivity index (χ4n) is 7.70. The highest BCUT2D eigenvalue weighted by atomic mass is 31.1. The summed E-state index contributed by atoms with van der Waals surface area (Å²) >= 11 is 0. The molecule has 0 aliphatic heterocycles. The smallest absolute Gasteiger partial charge is 0.00258 e. The fraction of sp³-hybridized carbons (Fsp3) is 0.127. The Kier molecular flexibility index (Phi) is 13.3. The van der Waals surface area contributed by atoms with Gasteiger partial charge in [0.1, 0.15) is 0 Å². The maximum absolute atomic E-state index is 2.42. The van der Waals surface area contributed by atoms with Gasteiger partial charge in [-0.15, -0.1) is 0 Å². The summed E-state index contributed by atoms with van der Waals surface area (Å²) in [6.45, 7) is 0. The summed E-state index contributed by atoms with van der Waals surface area (Å²) in [6, 6.07) is 81.5. The number of rotatable bonds is 16. The molecule has 2 heteroatoms. The zero-order chi connectivity index (χ0) is 38.5. The molecule has 0 nitrogen and oxygen atoms in total. The van der Waals surface area contributed by atoms with Crippen LogP contribution in [0.5, 0.6) is 0 Å². The molecule has 280 valence electrons. The van der Waals surface area contributed by atoms with Crippen LogP contribution in [0.25, 0.3) is 0 Å². The standard InChI is InChI=1S/C55H50P2/c1-5-14-44(15-6-1)40-48-22-30-52(31-23-48)56(53-32-24-49(25-33-53)41-45-16-7-2-8-17-45)38-13-39-57(54-34-26-50(27-35-54)42-46-18-9-3-10-19-46)55-36-28-51(29-37-55)43-47-20-11-4-12-21-47/h1-12,14-37H,13,38-43H2. The Morgan fingerprint density at radius 1 is 0.211 bits per heavy atom. The predicted octanol–water partition coefficient (Wildman–Crippen LogP) is 12.0. The molecule has 8 aromatic carbocycles. The molecule has 8 aromatic rings. The van der Waals surface area contributed by atoms with Crippen molar-refractivity contribution in [2.45, 2.75) is 32.1 Å². The van der Waals surface area contributed by atoms with E-state index < -0.39 is 15.8 Å². The van der Waals surface area contributed by atoms with Gasteiger partial charge in [0.25, 0.3) is 0 Å². The largest absolute Gasteiger partial charge is 0.0622 e. The highest BCUT2D eigenvalue weighted by Crippen LogP contribution is 2.40. The normalized spacial score (nSPS) is 11.3. The first-order chi connectivity index (χ1) is 28.2. The molecule has 57 heavy (non-hydrogen) atoms. The second kappa shape index (κ2) is 19.7. The van der Waals surface area contributed by atoms with Gasteiger partial charge in [0.05, 0.1) is 0 Å². The van der Waals surface area contributed by atoms with Crippen LogP contribution in [-0.4, -0.2) is 12.3 Å². The number of benzene rings is 8. The van der Waals surface area contributed by atoms with Gasteiger partial charge < -0.3 is 0 Å². The van der Waals surface area contributed by atoms with Crippen LogP contribution in [-0.2, 0) is 25.7 Å². The lowest BCUT2D eigenvalue weighted by molar-refractivity contribution is 1.11. The van der Waals surface area contributed by atoms with Crippen LogP contribution in [0.2, 0.25) is 0 Å². The van der Waals surface area contributed by atoms with Crippen LogP contribution in [0.1, 0.15) is 50.9 Å². The molecule has 0 saturated carbocycles. The maximum atomic E-state index is 2.42. The Morgan fingerprint density at radius 3 is 0.614 bits per heavy atom. The van der Waals surface area contributed by atoms with Gasteiger partial charge in [0.2, 0.25) is 0 Å². The third-order valence-corrected chi connectivity index (χ3v) is 16.0. The van der Waals surface area contributed by atoms with Gasteiger partial charge in [0, 0.05) is 0 Å². The highest BCUT2D eigenvalue weighted by molar-refractivity contribution is 7.74. The van der Waals surface area contributed by atoms with Crippen LogP contribution in [0.4, 0.5) is 0 Å². The van der Waals surface area contributed by atoms with Gasteiger partial charge in [-0.1, -0.05) is 218 Å². The maximum Gasteiger partial charge on any atom is -0.00258 e. The van der Waals surface area contributed by atoms with E-state index in [1.54, 1.807) is 0 Å². The van der Waals surface area contributed by atoms with E-state index in [0.717, 1.165) is 25.7 Å². The molecule has 0 atom stereocenters. The van der Waals surface area contributed by atoms with Crippen LogP contribution in [0.15, 0.2) is 218 Å². The lowest BCUT2D eigenvalue weighted by atomic mass is 10.1. The van der Waals surface area contributed by atoms with Gasteiger partial charge in [-0.2, -0.15) is 0 Å². The van der Waals surface area contributed by atoms with E-state index in [4.69, 9.17) is 0 Å². The second-order valence-electron chi connectivity index (χ2n) is 15.0. The quantitative estimate of drug-likeness (QED) is 0.0858. The summed E-state index contributed by atoms with van der Waals surface area (Å²) in [5.74, 6) is 0. The molecule has 0 spiro atoms. The molecule has 0 amide bonds. The Labute approximate surface area is 342 Å². The van der Waals surface area contributed by atoms with Gasteiger partial charge in [-0.05, 0) is 126 Å². The lowest BCUT2D eigenvalue weighted by Gasteiger charge is -2.23. The summed E-state index contributed by atoms with van der Waals surface area (Å²) in [5, 5.41) is 5.88. The molecular weight excluding hydrogens is 723 g/mol. The van der Waals surface area contributed by atoms with Crippen molar-refractivity contribution in [1.82, 2.24) is 0 Å². The molecule has 8 rings (SSSR count). The molecule has 0 aliphatic carbocycles. The fourth-order valence-corrected chi connectivity index (χ4v) is 12.6. The minimum absolute atomic E-state index is 0.519. The van der Waals surface area contributed by atoms with Crippen molar-refractivity contribution in [2.24, 2.45) is 0 Å². The molecule has 0 fully saturated rings. The summed E-state index contributed by atoms with van der Waals surface area (Å²) in [7, 11) is -1.04.